The van der Waals surface area contributed by atoms with Crippen molar-refractivity contribution in [1.82, 2.24) is 0 Å². The molecule has 0 aliphatic rings. The van der Waals surface area contributed by atoms with Crippen LogP contribution in [0.4, 0.5) is 0 Å². The van der Waals surface area contributed by atoms with Crippen molar-refractivity contribution in [1.29, 1.82) is 0 Å². The minimum absolute atomic E-state index is 0.302. The number of benzene rings is 1. The van der Waals surface area contributed by atoms with E-state index in [0.717, 1.165) is 12.0 Å². The molecule has 0 aliphatic carbocycles. The Balaban J connectivity index is 2.51. The number of rotatable bonds is 9. The Bertz CT molecular complexity index is 420. The van der Waals surface area contributed by atoms with Crippen LogP contribution >= 0.6 is 0 Å². The Hall–Kier alpha value is -1.39. The maximum atomic E-state index is 11.5. The Morgan fingerprint density at radius 3 is 2.33 bits per heavy atom. The maximum Gasteiger partial charge on any atom is 0.220 e. The van der Waals surface area contributed by atoms with Gasteiger partial charge < -0.3 is 16.6 Å². The fourth-order valence-corrected chi connectivity index (χ4v) is 2.40. The fraction of sp³-hybridized carbons (Fsp3) is 0.588. The zero-order valence-electron chi connectivity index (χ0n) is 13.0. The molecule has 0 saturated carbocycles. The number of primary amides is 1. The van der Waals surface area contributed by atoms with Crippen molar-refractivity contribution in [2.75, 3.05) is 0 Å². The van der Waals surface area contributed by atoms with Crippen LogP contribution in [0.3, 0.4) is 0 Å². The third-order valence-electron chi connectivity index (χ3n) is 3.83. The summed E-state index contributed by atoms with van der Waals surface area (Å²) in [6, 6.07) is 9.43. The van der Waals surface area contributed by atoms with Gasteiger partial charge in [0.25, 0.3) is 0 Å². The van der Waals surface area contributed by atoms with Crippen molar-refractivity contribution in [3.63, 3.8) is 0 Å². The Kier molecular flexibility index (Phi) is 7.40. The van der Waals surface area contributed by atoms with Crippen LogP contribution < -0.4 is 11.5 Å². The monoisotopic (exact) mass is 292 g/mol. The summed E-state index contributed by atoms with van der Waals surface area (Å²) in [7, 11) is 0. The number of hydrogen-bond acceptors (Lipinski definition) is 3. The van der Waals surface area contributed by atoms with Crippen LogP contribution in [-0.4, -0.2) is 23.2 Å². The van der Waals surface area contributed by atoms with E-state index in [4.69, 9.17) is 11.5 Å². The van der Waals surface area contributed by atoms with E-state index in [9.17, 15) is 9.90 Å². The molecule has 0 heterocycles. The van der Waals surface area contributed by atoms with Gasteiger partial charge in [-0.25, -0.2) is 0 Å². The Labute approximate surface area is 127 Å². The van der Waals surface area contributed by atoms with Gasteiger partial charge in [0.15, 0.2) is 0 Å². The lowest BCUT2D eigenvalue weighted by molar-refractivity contribution is -0.123. The zero-order chi connectivity index (χ0) is 15.8. The van der Waals surface area contributed by atoms with E-state index in [-0.39, 0.29) is 17.9 Å². The average Bonchev–Trinajstić information content (AvgIpc) is 2.43. The van der Waals surface area contributed by atoms with Crippen molar-refractivity contribution < 1.29 is 9.90 Å². The molecule has 0 aromatic heterocycles. The molecule has 1 aromatic carbocycles. The molecule has 1 aromatic rings. The second-order valence-corrected chi connectivity index (χ2v) is 6.23. The molecular weight excluding hydrogens is 264 g/mol. The number of aliphatic hydroxyl groups excluding tert-OH is 1. The molecule has 3 atom stereocenters. The van der Waals surface area contributed by atoms with Gasteiger partial charge in [0.1, 0.15) is 0 Å². The van der Waals surface area contributed by atoms with Crippen LogP contribution in [0.2, 0.25) is 0 Å². The molecule has 0 aliphatic heterocycles. The van der Waals surface area contributed by atoms with Crippen LogP contribution in [0.5, 0.6) is 0 Å². The van der Waals surface area contributed by atoms with Crippen LogP contribution in [0.25, 0.3) is 0 Å². The molecular formula is C17H28N2O2. The highest BCUT2D eigenvalue weighted by Gasteiger charge is 2.24. The van der Waals surface area contributed by atoms with E-state index in [1.807, 2.05) is 30.3 Å². The van der Waals surface area contributed by atoms with Crippen molar-refractivity contribution in [3.8, 4) is 0 Å². The van der Waals surface area contributed by atoms with Crippen molar-refractivity contribution in [2.45, 2.75) is 51.7 Å². The highest BCUT2D eigenvalue weighted by atomic mass is 16.3. The SMILES string of the molecule is CC(C)CC[C@@H](C[C@@H](O)[C@@H](N)Cc1ccccc1)C(N)=O. The summed E-state index contributed by atoms with van der Waals surface area (Å²) in [5.74, 6) is -0.132. The van der Waals surface area contributed by atoms with E-state index in [0.29, 0.717) is 25.2 Å². The first-order chi connectivity index (χ1) is 9.90. The summed E-state index contributed by atoms with van der Waals surface area (Å²) in [4.78, 5) is 11.5. The van der Waals surface area contributed by atoms with Gasteiger partial charge in [-0.1, -0.05) is 50.6 Å². The normalized spacial score (nSPS) is 15.7. The second kappa shape index (κ2) is 8.80. The largest absolute Gasteiger partial charge is 0.391 e. The van der Waals surface area contributed by atoms with E-state index in [2.05, 4.69) is 13.8 Å². The van der Waals surface area contributed by atoms with Gasteiger partial charge in [-0.15, -0.1) is 0 Å². The first-order valence-electron chi connectivity index (χ1n) is 7.67. The standard InChI is InChI=1S/C17H28N2O2/c1-12(2)8-9-14(17(19)21)11-16(20)15(18)10-13-6-4-3-5-7-13/h3-7,12,14-16,20H,8-11,18H2,1-2H3,(H2,19,21)/t14-,15-,16+/m0/s1. The summed E-state index contributed by atoms with van der Waals surface area (Å²) in [5, 5.41) is 10.2. The quantitative estimate of drug-likeness (QED) is 0.649. The molecule has 4 nitrogen and oxygen atoms in total. The summed E-state index contributed by atoms with van der Waals surface area (Å²) in [6.45, 7) is 4.21. The van der Waals surface area contributed by atoms with E-state index >= 15 is 0 Å². The van der Waals surface area contributed by atoms with Crippen LogP contribution in [0.15, 0.2) is 30.3 Å². The zero-order valence-corrected chi connectivity index (χ0v) is 13.0. The van der Waals surface area contributed by atoms with Crippen LogP contribution in [-0.2, 0) is 11.2 Å². The minimum atomic E-state index is -0.713. The average molecular weight is 292 g/mol. The van der Waals surface area contributed by atoms with E-state index in [1.165, 1.54) is 0 Å². The molecule has 4 heteroatoms. The van der Waals surface area contributed by atoms with Gasteiger partial charge in [-0.2, -0.15) is 0 Å². The number of hydrogen-bond donors (Lipinski definition) is 3. The number of carbonyl (C=O) groups is 1. The van der Waals surface area contributed by atoms with Gasteiger partial charge in [0.05, 0.1) is 6.10 Å². The first kappa shape index (κ1) is 17.7. The smallest absolute Gasteiger partial charge is 0.220 e. The van der Waals surface area contributed by atoms with E-state index in [1.54, 1.807) is 0 Å². The van der Waals surface area contributed by atoms with Crippen LogP contribution in [0.1, 0.15) is 38.7 Å². The lowest BCUT2D eigenvalue weighted by Gasteiger charge is -2.23. The topological polar surface area (TPSA) is 89.3 Å². The van der Waals surface area contributed by atoms with Gasteiger partial charge >= 0.3 is 0 Å². The first-order valence-corrected chi connectivity index (χ1v) is 7.67. The highest BCUT2D eigenvalue weighted by Crippen LogP contribution is 2.19. The molecule has 0 radical (unpaired) electrons. The molecule has 21 heavy (non-hydrogen) atoms. The molecule has 0 saturated heterocycles. The fourth-order valence-electron chi connectivity index (χ4n) is 2.40. The lowest BCUT2D eigenvalue weighted by Crippen LogP contribution is -2.40. The lowest BCUT2D eigenvalue weighted by atomic mass is 9.89. The Morgan fingerprint density at radius 1 is 1.19 bits per heavy atom. The van der Waals surface area contributed by atoms with Crippen molar-refractivity contribution >= 4 is 5.91 Å². The second-order valence-electron chi connectivity index (χ2n) is 6.23. The van der Waals surface area contributed by atoms with Crippen molar-refractivity contribution in [2.24, 2.45) is 23.3 Å². The molecule has 5 N–H and O–H groups in total. The van der Waals surface area contributed by atoms with Gasteiger partial charge in [0.2, 0.25) is 5.91 Å². The highest BCUT2D eigenvalue weighted by molar-refractivity contribution is 5.76. The summed E-state index contributed by atoms with van der Waals surface area (Å²) in [6.07, 6.45) is 1.86. The van der Waals surface area contributed by atoms with Crippen molar-refractivity contribution in [3.05, 3.63) is 35.9 Å². The molecule has 0 bridgehead atoms. The van der Waals surface area contributed by atoms with Gasteiger partial charge in [0, 0.05) is 12.0 Å². The Morgan fingerprint density at radius 2 is 1.81 bits per heavy atom. The van der Waals surface area contributed by atoms with E-state index < -0.39 is 6.10 Å². The number of aliphatic hydroxyl groups is 1. The summed E-state index contributed by atoms with van der Waals surface area (Å²) < 4.78 is 0. The van der Waals surface area contributed by atoms with Crippen LogP contribution in [0, 0.1) is 11.8 Å². The number of amides is 1. The third-order valence-corrected chi connectivity index (χ3v) is 3.83. The third kappa shape index (κ3) is 6.74. The molecule has 0 spiro atoms. The minimum Gasteiger partial charge on any atom is -0.391 e. The molecule has 0 unspecified atom stereocenters. The predicted molar refractivity (Wildman–Crippen MR) is 85.5 cm³/mol. The summed E-state index contributed by atoms with van der Waals surface area (Å²) >= 11 is 0. The molecule has 0 fully saturated rings. The number of carbonyl (C=O) groups excluding carboxylic acids is 1. The maximum absolute atomic E-state index is 11.5. The molecule has 1 rings (SSSR count). The molecule has 1 amide bonds. The van der Waals surface area contributed by atoms with Gasteiger partial charge in [-0.05, 0) is 30.7 Å². The molecule has 118 valence electrons. The number of nitrogens with two attached hydrogens (primary N) is 2. The predicted octanol–water partition coefficient (Wildman–Crippen LogP) is 1.85. The van der Waals surface area contributed by atoms with Gasteiger partial charge in [-0.3, -0.25) is 4.79 Å². The summed E-state index contributed by atoms with van der Waals surface area (Å²) in [5.41, 5.74) is 12.6.